The van der Waals surface area contributed by atoms with Crippen LogP contribution in [0.4, 0.5) is 0 Å². The number of rotatable bonds is 6. The summed E-state index contributed by atoms with van der Waals surface area (Å²) in [5.41, 5.74) is 13.9. The first-order valence-electron chi connectivity index (χ1n) is 13.9. The van der Waals surface area contributed by atoms with Crippen molar-refractivity contribution in [2.45, 2.75) is 143 Å². The van der Waals surface area contributed by atoms with E-state index in [4.69, 9.17) is 0 Å². The molecule has 2 saturated carbocycles. The molecule has 0 heterocycles. The van der Waals surface area contributed by atoms with Crippen LogP contribution in [0.3, 0.4) is 0 Å². The van der Waals surface area contributed by atoms with Gasteiger partial charge in [0.05, 0.1) is 0 Å². The molecular formula is C30H50N2Si. The maximum absolute atomic E-state index is 4.60. The van der Waals surface area contributed by atoms with E-state index in [0.29, 0.717) is 23.2 Å². The first kappa shape index (κ1) is 25.2. The minimum absolute atomic E-state index is 0.551. The van der Waals surface area contributed by atoms with Gasteiger partial charge >= 0.3 is 0 Å². The first-order valence-corrected chi connectivity index (χ1v) is 16.1. The molecule has 0 bridgehead atoms. The molecule has 33 heavy (non-hydrogen) atoms. The standard InChI is InChI=1S/C30H50N2Si/c1-19-20(2)24(6)29(23(19)5)33(31-27-15-11-9-12-16-27,32-28-17-13-10-14-18-28)30-25(7)21(3)22(4)26(30)8/h27-32H,9-18H2,1-8H3. The lowest BCUT2D eigenvalue weighted by molar-refractivity contribution is 0.385. The predicted octanol–water partition coefficient (Wildman–Crippen LogP) is 8.39. The first-order chi connectivity index (χ1) is 15.7. The van der Waals surface area contributed by atoms with Gasteiger partial charge in [0.2, 0.25) is 8.40 Å². The summed E-state index contributed by atoms with van der Waals surface area (Å²) in [7, 11) is -2.26. The number of nitrogens with one attached hydrogen (secondary N) is 2. The Bertz CT molecular complexity index is 768. The molecule has 3 heteroatoms. The van der Waals surface area contributed by atoms with E-state index in [0.717, 1.165) is 0 Å². The van der Waals surface area contributed by atoms with E-state index in [-0.39, 0.29) is 0 Å². The Balaban J connectivity index is 1.89. The highest BCUT2D eigenvalue weighted by atomic mass is 28.3. The van der Waals surface area contributed by atoms with Gasteiger partial charge in [-0.2, -0.15) is 0 Å². The summed E-state index contributed by atoms with van der Waals surface area (Å²) in [5, 5.41) is 0. The maximum atomic E-state index is 4.60. The Morgan fingerprint density at radius 3 is 1.00 bits per heavy atom. The van der Waals surface area contributed by atoms with E-state index < -0.39 is 8.40 Å². The van der Waals surface area contributed by atoms with E-state index >= 15 is 0 Å². The summed E-state index contributed by atoms with van der Waals surface area (Å²) >= 11 is 0. The van der Waals surface area contributed by atoms with Crippen LogP contribution in [0.1, 0.15) is 120 Å². The average molecular weight is 467 g/mol. The molecule has 4 aliphatic rings. The molecule has 0 aliphatic heterocycles. The van der Waals surface area contributed by atoms with Crippen LogP contribution in [0.25, 0.3) is 0 Å². The fourth-order valence-electron chi connectivity index (χ4n) is 7.78. The van der Waals surface area contributed by atoms with Crippen molar-refractivity contribution in [3.63, 3.8) is 0 Å². The number of hydrogen-bond acceptors (Lipinski definition) is 2. The molecule has 0 radical (unpaired) electrons. The molecular weight excluding hydrogens is 416 g/mol. The summed E-state index contributed by atoms with van der Waals surface area (Å²) in [6.45, 7) is 19.4. The van der Waals surface area contributed by atoms with Crippen molar-refractivity contribution in [2.24, 2.45) is 0 Å². The normalized spacial score (nSPS) is 25.5. The topological polar surface area (TPSA) is 24.1 Å². The molecule has 2 fully saturated rings. The monoisotopic (exact) mass is 466 g/mol. The van der Waals surface area contributed by atoms with Crippen LogP contribution < -0.4 is 9.96 Å². The van der Waals surface area contributed by atoms with Crippen LogP contribution in [0.5, 0.6) is 0 Å². The second kappa shape index (κ2) is 9.99. The van der Waals surface area contributed by atoms with Crippen LogP contribution in [0.15, 0.2) is 44.6 Å². The fraction of sp³-hybridized carbons (Fsp3) is 0.733. The van der Waals surface area contributed by atoms with E-state index in [1.165, 1.54) is 64.2 Å². The van der Waals surface area contributed by atoms with Gasteiger partial charge < -0.3 is 9.96 Å². The van der Waals surface area contributed by atoms with Gasteiger partial charge in [0.25, 0.3) is 0 Å². The third-order valence-electron chi connectivity index (χ3n) is 10.2. The second-order valence-electron chi connectivity index (χ2n) is 11.9. The Labute approximate surface area is 205 Å². The number of allylic oxidation sites excluding steroid dienone is 8. The van der Waals surface area contributed by atoms with Crippen LogP contribution >= 0.6 is 0 Å². The van der Waals surface area contributed by atoms with Gasteiger partial charge in [0.1, 0.15) is 0 Å². The SMILES string of the molecule is CC1=C(C)C([Si](NC2CCCCC2)(NC2CCCCC2)C2C(C)=C(C)C(C)=C2C)C(C)=C1C. The van der Waals surface area contributed by atoms with Crippen LogP contribution in [-0.2, 0) is 0 Å². The zero-order valence-corrected chi connectivity index (χ0v) is 23.9. The molecule has 0 unspecified atom stereocenters. The molecule has 4 rings (SSSR count). The van der Waals surface area contributed by atoms with Crippen molar-refractivity contribution in [1.82, 2.24) is 9.96 Å². The lowest BCUT2D eigenvalue weighted by Crippen LogP contribution is -2.73. The third kappa shape index (κ3) is 4.43. The van der Waals surface area contributed by atoms with Crippen molar-refractivity contribution >= 4 is 8.40 Å². The van der Waals surface area contributed by atoms with Gasteiger partial charge in [-0.15, -0.1) is 0 Å². The Morgan fingerprint density at radius 2 is 0.727 bits per heavy atom. The summed E-state index contributed by atoms with van der Waals surface area (Å²) in [4.78, 5) is 9.19. The highest BCUT2D eigenvalue weighted by molar-refractivity contribution is 6.81. The van der Waals surface area contributed by atoms with Crippen LogP contribution in [0, 0.1) is 0 Å². The highest BCUT2D eigenvalue weighted by Gasteiger charge is 2.56. The van der Waals surface area contributed by atoms with Gasteiger partial charge in [-0.3, -0.25) is 0 Å². The minimum Gasteiger partial charge on any atom is -0.321 e. The molecule has 4 aliphatic carbocycles. The van der Waals surface area contributed by atoms with Crippen molar-refractivity contribution in [3.05, 3.63) is 44.6 Å². The molecule has 0 aromatic heterocycles. The molecule has 0 saturated heterocycles. The lowest BCUT2D eigenvalue weighted by atomic mass is 9.96. The second-order valence-corrected chi connectivity index (χ2v) is 15.4. The highest BCUT2D eigenvalue weighted by Crippen LogP contribution is 2.55. The zero-order valence-electron chi connectivity index (χ0n) is 22.9. The summed E-state index contributed by atoms with van der Waals surface area (Å²) in [6.07, 6.45) is 13.8. The zero-order chi connectivity index (χ0) is 23.9. The van der Waals surface area contributed by atoms with Crippen LogP contribution in [-0.4, -0.2) is 20.5 Å². The van der Waals surface area contributed by atoms with Crippen LogP contribution in [0.2, 0.25) is 11.1 Å². The van der Waals surface area contributed by atoms with Gasteiger partial charge in [0.15, 0.2) is 0 Å². The van der Waals surface area contributed by atoms with E-state index in [2.05, 4.69) is 65.4 Å². The molecule has 2 nitrogen and oxygen atoms in total. The molecule has 0 aromatic carbocycles. The Kier molecular flexibility index (Phi) is 7.63. The molecule has 2 N–H and O–H groups in total. The van der Waals surface area contributed by atoms with Crippen molar-refractivity contribution < 1.29 is 0 Å². The third-order valence-corrected chi connectivity index (χ3v) is 15.6. The average Bonchev–Trinajstić information content (AvgIpc) is 3.13. The van der Waals surface area contributed by atoms with E-state index in [1.54, 1.807) is 44.6 Å². The Morgan fingerprint density at radius 1 is 0.455 bits per heavy atom. The minimum atomic E-state index is -2.26. The summed E-state index contributed by atoms with van der Waals surface area (Å²) < 4.78 is 0. The quantitative estimate of drug-likeness (QED) is 0.384. The van der Waals surface area contributed by atoms with Crippen molar-refractivity contribution in [2.75, 3.05) is 0 Å². The number of hydrogen-bond donors (Lipinski definition) is 2. The molecule has 0 atom stereocenters. The van der Waals surface area contributed by atoms with E-state index in [9.17, 15) is 0 Å². The molecule has 184 valence electrons. The fourth-order valence-corrected chi connectivity index (χ4v) is 14.4. The molecule has 0 amide bonds. The maximum Gasteiger partial charge on any atom is 0.224 e. The molecule has 0 spiro atoms. The lowest BCUT2D eigenvalue weighted by Gasteiger charge is -2.50. The smallest absolute Gasteiger partial charge is 0.224 e. The van der Waals surface area contributed by atoms with Crippen molar-refractivity contribution in [3.8, 4) is 0 Å². The van der Waals surface area contributed by atoms with Gasteiger partial charge in [-0.05, 0) is 103 Å². The summed E-state index contributed by atoms with van der Waals surface area (Å²) in [5.74, 6) is 0. The van der Waals surface area contributed by atoms with Gasteiger partial charge in [-0.1, -0.05) is 60.8 Å². The molecule has 0 aromatic rings. The van der Waals surface area contributed by atoms with Crippen molar-refractivity contribution in [1.29, 1.82) is 0 Å². The largest absolute Gasteiger partial charge is 0.321 e. The summed E-state index contributed by atoms with van der Waals surface area (Å²) in [6, 6.07) is 1.34. The van der Waals surface area contributed by atoms with Gasteiger partial charge in [0, 0.05) is 23.2 Å². The van der Waals surface area contributed by atoms with Gasteiger partial charge in [-0.25, -0.2) is 0 Å². The predicted molar refractivity (Wildman–Crippen MR) is 147 cm³/mol. The van der Waals surface area contributed by atoms with E-state index in [1.807, 2.05) is 0 Å². The Hall–Kier alpha value is -0.903.